The van der Waals surface area contributed by atoms with Gasteiger partial charge in [0.15, 0.2) is 11.6 Å². The molecule has 2 aliphatic heterocycles. The number of rotatable bonds is 2. The zero-order chi connectivity index (χ0) is 14.9. The molecule has 2 heterocycles. The minimum absolute atomic E-state index is 0.376. The fraction of sp³-hybridized carbons (Fsp3) is 0.438. The summed E-state index contributed by atoms with van der Waals surface area (Å²) in [4.78, 5) is 6.72. The van der Waals surface area contributed by atoms with Crippen LogP contribution in [0.3, 0.4) is 0 Å². The van der Waals surface area contributed by atoms with Crippen molar-refractivity contribution >= 4 is 5.96 Å². The van der Waals surface area contributed by atoms with Crippen molar-refractivity contribution in [3.63, 3.8) is 0 Å². The molecule has 1 atom stereocenters. The largest absolute Gasteiger partial charge is 0.370 e. The molecule has 5 heteroatoms. The minimum Gasteiger partial charge on any atom is -0.370 e. The third kappa shape index (κ3) is 2.88. The monoisotopic (exact) mass is 285 g/mol. The molecule has 21 heavy (non-hydrogen) atoms. The Morgan fingerprint density at radius 1 is 1.14 bits per heavy atom. The van der Waals surface area contributed by atoms with E-state index in [9.17, 15) is 0 Å². The standard InChI is InChI=1S/C16H23N5/c1-12-5-7-13(8-6-12)16(18)11-14(19-15(17)20-16)21-9-3-2-4-10-21/h5-8,11H,2-4,9-10,18H2,1H3,(H3,17,19,20). The van der Waals surface area contributed by atoms with Crippen LogP contribution in [0.25, 0.3) is 0 Å². The Morgan fingerprint density at radius 3 is 2.48 bits per heavy atom. The minimum atomic E-state index is -0.893. The number of nitrogens with one attached hydrogen (secondary N) is 1. The predicted molar refractivity (Wildman–Crippen MR) is 85.3 cm³/mol. The highest BCUT2D eigenvalue weighted by molar-refractivity contribution is 5.81. The van der Waals surface area contributed by atoms with Crippen LogP contribution in [0.1, 0.15) is 30.4 Å². The summed E-state index contributed by atoms with van der Waals surface area (Å²) in [5.74, 6) is 1.35. The van der Waals surface area contributed by atoms with Crippen LogP contribution >= 0.6 is 0 Å². The second-order valence-electron chi connectivity index (χ2n) is 5.89. The van der Waals surface area contributed by atoms with E-state index in [1.807, 2.05) is 30.3 Å². The molecule has 0 radical (unpaired) electrons. The highest BCUT2D eigenvalue weighted by atomic mass is 15.3. The molecule has 0 saturated carbocycles. The molecule has 5 nitrogen and oxygen atoms in total. The van der Waals surface area contributed by atoms with Gasteiger partial charge in [0.05, 0.1) is 0 Å². The topological polar surface area (TPSA) is 79.7 Å². The number of benzene rings is 1. The molecule has 0 aliphatic carbocycles. The zero-order valence-corrected chi connectivity index (χ0v) is 12.5. The molecular formula is C16H23N5. The van der Waals surface area contributed by atoms with E-state index in [4.69, 9.17) is 11.5 Å². The summed E-state index contributed by atoms with van der Waals surface area (Å²) in [5, 5.41) is 3.16. The number of nitrogens with zero attached hydrogens (tertiary/aromatic N) is 2. The molecule has 112 valence electrons. The molecule has 5 N–H and O–H groups in total. The summed E-state index contributed by atoms with van der Waals surface area (Å²) in [5.41, 5.74) is 13.7. The van der Waals surface area contributed by atoms with Crippen molar-refractivity contribution in [2.24, 2.45) is 16.5 Å². The van der Waals surface area contributed by atoms with Crippen molar-refractivity contribution < 1.29 is 0 Å². The first-order chi connectivity index (χ1) is 10.1. The van der Waals surface area contributed by atoms with Crippen LogP contribution in [0.15, 0.2) is 41.2 Å². The number of aliphatic imine (C=N–C) groups is 1. The number of hydrogen-bond acceptors (Lipinski definition) is 5. The normalized spacial score (nSPS) is 25.9. The first-order valence-corrected chi connectivity index (χ1v) is 7.53. The zero-order valence-electron chi connectivity index (χ0n) is 12.5. The lowest BCUT2D eigenvalue weighted by Gasteiger charge is -2.36. The number of hydrogen-bond donors (Lipinski definition) is 3. The van der Waals surface area contributed by atoms with E-state index >= 15 is 0 Å². The third-order valence-electron chi connectivity index (χ3n) is 4.13. The summed E-state index contributed by atoms with van der Waals surface area (Å²) in [6, 6.07) is 8.13. The molecule has 3 rings (SSSR count). The van der Waals surface area contributed by atoms with Gasteiger partial charge in [0.25, 0.3) is 0 Å². The first kappa shape index (κ1) is 13.9. The van der Waals surface area contributed by atoms with E-state index in [1.165, 1.54) is 24.8 Å². The maximum Gasteiger partial charge on any atom is 0.196 e. The third-order valence-corrected chi connectivity index (χ3v) is 4.13. The van der Waals surface area contributed by atoms with Gasteiger partial charge < -0.3 is 16.0 Å². The highest BCUT2D eigenvalue weighted by Gasteiger charge is 2.30. The Hall–Kier alpha value is -2.01. The van der Waals surface area contributed by atoms with E-state index in [0.29, 0.717) is 5.96 Å². The lowest BCUT2D eigenvalue weighted by atomic mass is 9.98. The second kappa shape index (κ2) is 5.41. The number of aryl methyl sites for hydroxylation is 1. The van der Waals surface area contributed by atoms with Gasteiger partial charge in [-0.2, -0.15) is 0 Å². The highest BCUT2D eigenvalue weighted by Crippen LogP contribution is 2.27. The van der Waals surface area contributed by atoms with Gasteiger partial charge in [0, 0.05) is 19.2 Å². The fourth-order valence-electron chi connectivity index (χ4n) is 2.91. The Bertz CT molecular complexity index is 569. The molecule has 1 aromatic carbocycles. The van der Waals surface area contributed by atoms with E-state index in [2.05, 4.69) is 22.1 Å². The van der Waals surface area contributed by atoms with Crippen LogP contribution in [0.4, 0.5) is 0 Å². The maximum atomic E-state index is 6.51. The molecule has 1 saturated heterocycles. The Balaban J connectivity index is 1.93. The van der Waals surface area contributed by atoms with Gasteiger partial charge in [-0.15, -0.1) is 0 Å². The van der Waals surface area contributed by atoms with Gasteiger partial charge in [0.1, 0.15) is 5.82 Å². The number of guanidine groups is 1. The quantitative estimate of drug-likeness (QED) is 0.766. The van der Waals surface area contributed by atoms with Crippen LogP contribution in [0.5, 0.6) is 0 Å². The molecule has 0 bridgehead atoms. The smallest absolute Gasteiger partial charge is 0.196 e. The first-order valence-electron chi connectivity index (χ1n) is 7.53. The Morgan fingerprint density at radius 2 is 1.81 bits per heavy atom. The van der Waals surface area contributed by atoms with Crippen molar-refractivity contribution in [2.45, 2.75) is 31.8 Å². The van der Waals surface area contributed by atoms with Gasteiger partial charge in [0.2, 0.25) is 0 Å². The molecule has 1 unspecified atom stereocenters. The molecular weight excluding hydrogens is 262 g/mol. The number of nitrogens with two attached hydrogens (primary N) is 2. The molecule has 0 spiro atoms. The summed E-state index contributed by atoms with van der Waals surface area (Å²) in [7, 11) is 0. The molecule has 2 aliphatic rings. The molecule has 1 aromatic rings. The van der Waals surface area contributed by atoms with Gasteiger partial charge in [-0.1, -0.05) is 29.8 Å². The lowest BCUT2D eigenvalue weighted by molar-refractivity contribution is 0.269. The SMILES string of the molecule is Cc1ccc(C2(N)C=C(N3CCCCC3)NC(N)=N2)cc1. The fourth-order valence-corrected chi connectivity index (χ4v) is 2.91. The van der Waals surface area contributed by atoms with Crippen LogP contribution in [-0.4, -0.2) is 23.9 Å². The van der Waals surface area contributed by atoms with Crippen molar-refractivity contribution in [1.82, 2.24) is 10.2 Å². The summed E-state index contributed by atoms with van der Waals surface area (Å²) < 4.78 is 0. The maximum absolute atomic E-state index is 6.51. The van der Waals surface area contributed by atoms with Gasteiger partial charge in [-0.25, -0.2) is 4.99 Å². The Kier molecular flexibility index (Phi) is 3.59. The van der Waals surface area contributed by atoms with Crippen molar-refractivity contribution in [2.75, 3.05) is 13.1 Å². The lowest BCUT2D eigenvalue weighted by Crippen LogP contribution is -2.49. The predicted octanol–water partition coefficient (Wildman–Crippen LogP) is 1.35. The molecule has 0 amide bonds. The molecule has 1 fully saturated rings. The average molecular weight is 285 g/mol. The van der Waals surface area contributed by atoms with Crippen LogP contribution in [0, 0.1) is 6.92 Å². The second-order valence-corrected chi connectivity index (χ2v) is 5.89. The van der Waals surface area contributed by atoms with Crippen molar-refractivity contribution in [1.29, 1.82) is 0 Å². The van der Waals surface area contributed by atoms with E-state index in [-0.39, 0.29) is 0 Å². The van der Waals surface area contributed by atoms with Crippen molar-refractivity contribution in [3.8, 4) is 0 Å². The van der Waals surface area contributed by atoms with Gasteiger partial charge in [-0.3, -0.25) is 5.73 Å². The van der Waals surface area contributed by atoms with Gasteiger partial charge >= 0.3 is 0 Å². The van der Waals surface area contributed by atoms with Crippen LogP contribution < -0.4 is 16.8 Å². The molecule has 0 aromatic heterocycles. The Labute approximate surface area is 125 Å². The average Bonchev–Trinajstić information content (AvgIpc) is 2.48. The van der Waals surface area contributed by atoms with Crippen LogP contribution in [-0.2, 0) is 5.66 Å². The number of piperidine rings is 1. The van der Waals surface area contributed by atoms with Crippen LogP contribution in [0.2, 0.25) is 0 Å². The summed E-state index contributed by atoms with van der Waals surface area (Å²) in [6.07, 6.45) is 5.69. The summed E-state index contributed by atoms with van der Waals surface area (Å²) in [6.45, 7) is 4.13. The van der Waals surface area contributed by atoms with E-state index in [1.54, 1.807) is 0 Å². The van der Waals surface area contributed by atoms with Gasteiger partial charge in [-0.05, 0) is 31.7 Å². The van der Waals surface area contributed by atoms with E-state index < -0.39 is 5.66 Å². The number of likely N-dealkylation sites (tertiary alicyclic amines) is 1. The van der Waals surface area contributed by atoms with Crippen molar-refractivity contribution in [3.05, 3.63) is 47.3 Å². The van der Waals surface area contributed by atoms with E-state index in [0.717, 1.165) is 24.5 Å². The summed E-state index contributed by atoms with van der Waals surface area (Å²) >= 11 is 0.